The molecular weight excluding hydrogens is 254 g/mol. The van der Waals surface area contributed by atoms with Gasteiger partial charge in [-0.2, -0.15) is 0 Å². The fraction of sp³-hybridized carbons (Fsp3) is 0.688. The van der Waals surface area contributed by atoms with E-state index in [4.69, 9.17) is 9.52 Å². The van der Waals surface area contributed by atoms with Crippen LogP contribution in [0, 0.1) is 18.8 Å². The third-order valence-corrected chi connectivity index (χ3v) is 4.38. The van der Waals surface area contributed by atoms with Gasteiger partial charge in [-0.1, -0.05) is 26.7 Å². The lowest BCUT2D eigenvalue weighted by molar-refractivity contribution is 0.0658. The minimum atomic E-state index is -0.994. The molecule has 0 spiro atoms. The summed E-state index contributed by atoms with van der Waals surface area (Å²) in [5.41, 5.74) is 0.693. The van der Waals surface area contributed by atoms with Gasteiger partial charge in [0.15, 0.2) is 0 Å². The number of carbonyl (C=O) groups is 1. The van der Waals surface area contributed by atoms with Crippen LogP contribution in [0.1, 0.15) is 61.4 Å². The Morgan fingerprint density at radius 2 is 2.15 bits per heavy atom. The van der Waals surface area contributed by atoms with Crippen LogP contribution in [0.15, 0.2) is 10.5 Å². The number of aryl methyl sites for hydroxylation is 1. The lowest BCUT2D eigenvalue weighted by Crippen LogP contribution is -2.40. The van der Waals surface area contributed by atoms with Crippen molar-refractivity contribution in [2.24, 2.45) is 11.8 Å². The molecule has 4 nitrogen and oxygen atoms in total. The summed E-state index contributed by atoms with van der Waals surface area (Å²) in [5, 5.41) is 12.6. The fourth-order valence-electron chi connectivity index (χ4n) is 3.29. The second-order valence-corrected chi connectivity index (χ2v) is 6.21. The fourth-order valence-corrected chi connectivity index (χ4v) is 3.29. The molecule has 0 aromatic carbocycles. The topological polar surface area (TPSA) is 62.5 Å². The summed E-state index contributed by atoms with van der Waals surface area (Å²) < 4.78 is 5.40. The molecule has 2 N–H and O–H groups in total. The first-order chi connectivity index (χ1) is 9.49. The van der Waals surface area contributed by atoms with Gasteiger partial charge in [-0.3, -0.25) is 0 Å². The molecule has 1 saturated carbocycles. The van der Waals surface area contributed by atoms with Crippen molar-refractivity contribution in [2.75, 3.05) is 0 Å². The number of hydrogen-bond acceptors (Lipinski definition) is 3. The lowest BCUT2D eigenvalue weighted by Gasteiger charge is -2.34. The van der Waals surface area contributed by atoms with Crippen LogP contribution < -0.4 is 5.32 Å². The van der Waals surface area contributed by atoms with Crippen molar-refractivity contribution in [3.05, 3.63) is 23.2 Å². The SMILES string of the molecule is Cc1cc(CNC2CCCCC2C(C)C)oc1C(=O)O. The first-order valence-corrected chi connectivity index (χ1v) is 7.55. The second kappa shape index (κ2) is 6.44. The van der Waals surface area contributed by atoms with Gasteiger partial charge >= 0.3 is 5.97 Å². The molecule has 1 aromatic heterocycles. The number of rotatable bonds is 5. The largest absolute Gasteiger partial charge is 0.475 e. The molecular formula is C16H25NO3. The van der Waals surface area contributed by atoms with Gasteiger partial charge in [-0.15, -0.1) is 0 Å². The van der Waals surface area contributed by atoms with Crippen molar-refractivity contribution in [1.29, 1.82) is 0 Å². The molecule has 0 bridgehead atoms. The predicted octanol–water partition coefficient (Wildman–Crippen LogP) is 3.59. The molecule has 2 atom stereocenters. The minimum absolute atomic E-state index is 0.0610. The first-order valence-electron chi connectivity index (χ1n) is 7.55. The normalized spacial score (nSPS) is 23.2. The maximum absolute atomic E-state index is 11.0. The van der Waals surface area contributed by atoms with Crippen molar-refractivity contribution in [3.8, 4) is 0 Å². The standard InChI is InChI=1S/C16H25NO3/c1-10(2)13-6-4-5-7-14(13)17-9-12-8-11(3)15(20-12)16(18)19/h8,10,13-14,17H,4-7,9H2,1-3H3,(H,18,19). The highest BCUT2D eigenvalue weighted by molar-refractivity contribution is 5.86. The van der Waals surface area contributed by atoms with Crippen molar-refractivity contribution in [2.45, 2.75) is 59.0 Å². The Balaban J connectivity index is 1.97. The summed E-state index contributed by atoms with van der Waals surface area (Å²) in [6.07, 6.45) is 5.09. The molecule has 1 aliphatic carbocycles. The maximum Gasteiger partial charge on any atom is 0.372 e. The van der Waals surface area contributed by atoms with Gasteiger partial charge in [0.1, 0.15) is 5.76 Å². The molecule has 0 aliphatic heterocycles. The molecule has 0 amide bonds. The van der Waals surface area contributed by atoms with E-state index in [1.807, 2.05) is 6.07 Å². The highest BCUT2D eigenvalue weighted by Crippen LogP contribution is 2.30. The molecule has 0 saturated heterocycles. The lowest BCUT2D eigenvalue weighted by atomic mass is 9.78. The predicted molar refractivity (Wildman–Crippen MR) is 77.8 cm³/mol. The van der Waals surface area contributed by atoms with E-state index >= 15 is 0 Å². The summed E-state index contributed by atoms with van der Waals surface area (Å²) in [7, 11) is 0. The van der Waals surface area contributed by atoms with E-state index in [9.17, 15) is 4.79 Å². The molecule has 2 unspecified atom stereocenters. The van der Waals surface area contributed by atoms with Gasteiger partial charge in [-0.25, -0.2) is 4.79 Å². The van der Waals surface area contributed by atoms with Gasteiger partial charge in [0, 0.05) is 11.6 Å². The highest BCUT2D eigenvalue weighted by Gasteiger charge is 2.27. The second-order valence-electron chi connectivity index (χ2n) is 6.21. The summed E-state index contributed by atoms with van der Waals surface area (Å²) in [4.78, 5) is 11.0. The molecule has 2 rings (SSSR count). The third kappa shape index (κ3) is 3.42. The van der Waals surface area contributed by atoms with Crippen molar-refractivity contribution in [1.82, 2.24) is 5.32 Å². The summed E-state index contributed by atoms with van der Waals surface area (Å²) in [6, 6.07) is 2.34. The van der Waals surface area contributed by atoms with Crippen LogP contribution >= 0.6 is 0 Å². The third-order valence-electron chi connectivity index (χ3n) is 4.38. The molecule has 1 fully saturated rings. The summed E-state index contributed by atoms with van der Waals surface area (Å²) >= 11 is 0. The monoisotopic (exact) mass is 279 g/mol. The Labute approximate surface area is 120 Å². The van der Waals surface area contributed by atoms with Crippen LogP contribution in [0.25, 0.3) is 0 Å². The molecule has 0 radical (unpaired) electrons. The first kappa shape index (κ1) is 15.1. The van der Waals surface area contributed by atoms with Crippen LogP contribution in [0.4, 0.5) is 0 Å². The van der Waals surface area contributed by atoms with Crippen LogP contribution in [0.5, 0.6) is 0 Å². The molecule has 1 aliphatic rings. The Morgan fingerprint density at radius 3 is 2.75 bits per heavy atom. The van der Waals surface area contributed by atoms with Gasteiger partial charge < -0.3 is 14.8 Å². The van der Waals surface area contributed by atoms with E-state index in [2.05, 4.69) is 19.2 Å². The Kier molecular flexibility index (Phi) is 4.86. The van der Waals surface area contributed by atoms with Crippen molar-refractivity contribution in [3.63, 3.8) is 0 Å². The van der Waals surface area contributed by atoms with E-state index < -0.39 is 5.97 Å². The van der Waals surface area contributed by atoms with E-state index in [0.29, 0.717) is 35.7 Å². The molecule has 4 heteroatoms. The number of carboxylic acids is 1. The van der Waals surface area contributed by atoms with E-state index in [-0.39, 0.29) is 5.76 Å². The Morgan fingerprint density at radius 1 is 1.45 bits per heavy atom. The van der Waals surface area contributed by atoms with Crippen LogP contribution in [0.3, 0.4) is 0 Å². The van der Waals surface area contributed by atoms with E-state index in [0.717, 1.165) is 0 Å². The molecule has 20 heavy (non-hydrogen) atoms. The van der Waals surface area contributed by atoms with Crippen molar-refractivity contribution >= 4 is 5.97 Å². The van der Waals surface area contributed by atoms with Crippen LogP contribution in [-0.2, 0) is 6.54 Å². The maximum atomic E-state index is 11.0. The van der Waals surface area contributed by atoms with Crippen LogP contribution in [0.2, 0.25) is 0 Å². The quantitative estimate of drug-likeness (QED) is 0.864. The smallest absolute Gasteiger partial charge is 0.372 e. The van der Waals surface area contributed by atoms with Gasteiger partial charge in [0.2, 0.25) is 5.76 Å². The average Bonchev–Trinajstić information content (AvgIpc) is 2.78. The highest BCUT2D eigenvalue weighted by atomic mass is 16.4. The van der Waals surface area contributed by atoms with Crippen molar-refractivity contribution < 1.29 is 14.3 Å². The van der Waals surface area contributed by atoms with Gasteiger partial charge in [-0.05, 0) is 37.7 Å². The minimum Gasteiger partial charge on any atom is -0.475 e. The summed E-state index contributed by atoms with van der Waals surface area (Å²) in [5.74, 6) is 1.17. The van der Waals surface area contributed by atoms with Crippen LogP contribution in [-0.4, -0.2) is 17.1 Å². The van der Waals surface area contributed by atoms with Gasteiger partial charge in [0.05, 0.1) is 6.54 Å². The number of nitrogens with one attached hydrogen (secondary N) is 1. The van der Waals surface area contributed by atoms with E-state index in [1.165, 1.54) is 25.7 Å². The molecule has 1 heterocycles. The number of aromatic carboxylic acids is 1. The molecule has 1 aromatic rings. The zero-order valence-corrected chi connectivity index (χ0v) is 12.6. The van der Waals surface area contributed by atoms with E-state index in [1.54, 1.807) is 6.92 Å². The zero-order chi connectivity index (χ0) is 14.7. The summed E-state index contributed by atoms with van der Waals surface area (Å²) in [6.45, 7) is 6.95. The molecule has 112 valence electrons. The number of carboxylic acid groups (broad SMARTS) is 1. The van der Waals surface area contributed by atoms with Gasteiger partial charge in [0.25, 0.3) is 0 Å². The number of furan rings is 1. The Hall–Kier alpha value is -1.29. The Bertz CT molecular complexity index is 464. The zero-order valence-electron chi connectivity index (χ0n) is 12.6. The number of hydrogen-bond donors (Lipinski definition) is 2. The average molecular weight is 279 g/mol.